The number of nitrogens with zero attached hydrogens (tertiary/aromatic N) is 4. The van der Waals surface area contributed by atoms with Crippen LogP contribution in [-0.4, -0.2) is 44.8 Å². The van der Waals surface area contributed by atoms with Crippen molar-refractivity contribution in [1.29, 1.82) is 0 Å². The van der Waals surface area contributed by atoms with E-state index in [1.807, 2.05) is 60.4 Å². The second-order valence-electron chi connectivity index (χ2n) is 8.58. The van der Waals surface area contributed by atoms with Gasteiger partial charge in [0.2, 0.25) is 5.91 Å². The summed E-state index contributed by atoms with van der Waals surface area (Å²) >= 11 is 0. The van der Waals surface area contributed by atoms with Crippen LogP contribution in [0.1, 0.15) is 28.8 Å². The summed E-state index contributed by atoms with van der Waals surface area (Å²) in [4.78, 5) is 41.2. The number of anilines is 1. The van der Waals surface area contributed by atoms with Gasteiger partial charge in [0, 0.05) is 48.5 Å². The van der Waals surface area contributed by atoms with Gasteiger partial charge in [0.05, 0.1) is 16.8 Å². The van der Waals surface area contributed by atoms with Gasteiger partial charge in [-0.3, -0.25) is 14.6 Å². The largest absolute Gasteiger partial charge is 0.339 e. The number of amides is 2. The van der Waals surface area contributed by atoms with Crippen molar-refractivity contribution in [2.75, 3.05) is 18.4 Å². The average molecular weight is 452 g/mol. The van der Waals surface area contributed by atoms with Crippen LogP contribution in [0.5, 0.6) is 0 Å². The zero-order valence-corrected chi connectivity index (χ0v) is 18.9. The number of carbonyl (C=O) groups excluding carboxylic acids is 2. The fourth-order valence-corrected chi connectivity index (χ4v) is 4.31. The number of para-hydroxylation sites is 1. The number of likely N-dealkylation sites (tertiary alicyclic amines) is 1. The molecule has 7 heteroatoms. The number of pyridine rings is 3. The Balaban J connectivity index is 1.33. The van der Waals surface area contributed by atoms with Gasteiger partial charge >= 0.3 is 0 Å². The molecule has 4 aromatic rings. The predicted molar refractivity (Wildman–Crippen MR) is 131 cm³/mol. The van der Waals surface area contributed by atoms with Crippen LogP contribution in [0.25, 0.3) is 22.2 Å². The Morgan fingerprint density at radius 2 is 1.76 bits per heavy atom. The predicted octanol–water partition coefficient (Wildman–Crippen LogP) is 4.49. The van der Waals surface area contributed by atoms with Crippen molar-refractivity contribution >= 4 is 28.5 Å². The first-order chi connectivity index (χ1) is 16.6. The van der Waals surface area contributed by atoms with Crippen molar-refractivity contribution in [3.05, 3.63) is 84.3 Å². The minimum absolute atomic E-state index is 0.0343. The topological polar surface area (TPSA) is 88.1 Å². The minimum Gasteiger partial charge on any atom is -0.339 e. The molecule has 1 aliphatic heterocycles. The lowest BCUT2D eigenvalue weighted by Gasteiger charge is -2.31. The van der Waals surface area contributed by atoms with E-state index in [0.29, 0.717) is 37.3 Å². The lowest BCUT2D eigenvalue weighted by Crippen LogP contribution is -2.41. The molecule has 7 nitrogen and oxygen atoms in total. The smallest absolute Gasteiger partial charge is 0.254 e. The number of carbonyl (C=O) groups is 2. The van der Waals surface area contributed by atoms with Crippen molar-refractivity contribution in [1.82, 2.24) is 19.9 Å². The number of hydrogen-bond acceptors (Lipinski definition) is 5. The van der Waals surface area contributed by atoms with Gasteiger partial charge in [-0.05, 0) is 55.7 Å². The number of fused-ring (bicyclic) bond motifs is 1. The van der Waals surface area contributed by atoms with E-state index in [1.165, 1.54) is 0 Å². The quantitative estimate of drug-likeness (QED) is 0.494. The van der Waals surface area contributed by atoms with Crippen LogP contribution in [0.15, 0.2) is 73.2 Å². The molecular formula is C27H25N5O2. The summed E-state index contributed by atoms with van der Waals surface area (Å²) in [5.41, 5.74) is 4.10. The molecule has 1 aromatic carbocycles. The first-order valence-electron chi connectivity index (χ1n) is 11.4. The maximum atomic E-state index is 13.6. The van der Waals surface area contributed by atoms with Gasteiger partial charge in [-0.2, -0.15) is 0 Å². The molecule has 5 rings (SSSR count). The Morgan fingerprint density at radius 3 is 2.50 bits per heavy atom. The molecule has 170 valence electrons. The van der Waals surface area contributed by atoms with E-state index in [9.17, 15) is 9.59 Å². The molecule has 1 saturated heterocycles. The van der Waals surface area contributed by atoms with E-state index < -0.39 is 0 Å². The highest BCUT2D eigenvalue weighted by Crippen LogP contribution is 2.27. The summed E-state index contributed by atoms with van der Waals surface area (Å²) in [5.74, 6) is 0.334. The highest BCUT2D eigenvalue weighted by Gasteiger charge is 2.29. The third kappa shape index (κ3) is 4.50. The van der Waals surface area contributed by atoms with E-state index >= 15 is 0 Å². The Bertz CT molecular complexity index is 1330. The van der Waals surface area contributed by atoms with Gasteiger partial charge in [0.1, 0.15) is 5.82 Å². The van der Waals surface area contributed by atoms with E-state index in [1.54, 1.807) is 24.7 Å². The van der Waals surface area contributed by atoms with Crippen LogP contribution in [0.2, 0.25) is 0 Å². The first kappa shape index (κ1) is 21.7. The summed E-state index contributed by atoms with van der Waals surface area (Å²) in [6, 6.07) is 17.1. The molecular weight excluding hydrogens is 426 g/mol. The number of benzene rings is 1. The maximum Gasteiger partial charge on any atom is 0.254 e. The molecule has 1 fully saturated rings. The minimum atomic E-state index is -0.145. The van der Waals surface area contributed by atoms with Crippen molar-refractivity contribution in [3.8, 4) is 11.3 Å². The number of hydrogen-bond donors (Lipinski definition) is 1. The van der Waals surface area contributed by atoms with Gasteiger partial charge in [-0.1, -0.05) is 24.3 Å². The highest BCUT2D eigenvalue weighted by atomic mass is 16.2. The Morgan fingerprint density at radius 1 is 1.00 bits per heavy atom. The van der Waals surface area contributed by atoms with Crippen LogP contribution in [0.3, 0.4) is 0 Å². The van der Waals surface area contributed by atoms with Gasteiger partial charge < -0.3 is 10.2 Å². The molecule has 0 unspecified atom stereocenters. The monoisotopic (exact) mass is 451 g/mol. The lowest BCUT2D eigenvalue weighted by molar-refractivity contribution is -0.121. The standard InChI is InChI=1S/C27H25N5O2/c1-18-6-7-25(29-17-18)31-26(33)20-10-14-32(15-11-20)27(34)22-16-24(19-8-12-28-13-9-19)30-23-5-3-2-4-21(22)23/h2-9,12-13,16-17,20H,10-11,14-15H2,1H3,(H,29,31,33). The van der Waals surface area contributed by atoms with Crippen LogP contribution in [0, 0.1) is 12.8 Å². The second-order valence-corrected chi connectivity index (χ2v) is 8.58. The Kier molecular flexibility index (Phi) is 5.99. The molecule has 34 heavy (non-hydrogen) atoms. The van der Waals surface area contributed by atoms with E-state index in [4.69, 9.17) is 4.98 Å². The van der Waals surface area contributed by atoms with Gasteiger partial charge in [-0.25, -0.2) is 9.97 Å². The molecule has 1 N–H and O–H groups in total. The number of aromatic nitrogens is 3. The van der Waals surface area contributed by atoms with E-state index in [2.05, 4.69) is 15.3 Å². The molecule has 3 aromatic heterocycles. The number of nitrogens with one attached hydrogen (secondary N) is 1. The fourth-order valence-electron chi connectivity index (χ4n) is 4.31. The SMILES string of the molecule is Cc1ccc(NC(=O)C2CCN(C(=O)c3cc(-c4ccncc4)nc4ccccc34)CC2)nc1. The van der Waals surface area contributed by atoms with Gasteiger partial charge in [-0.15, -0.1) is 0 Å². The summed E-state index contributed by atoms with van der Waals surface area (Å²) in [5, 5.41) is 3.73. The third-order valence-electron chi connectivity index (χ3n) is 6.24. The zero-order valence-electron chi connectivity index (χ0n) is 18.9. The van der Waals surface area contributed by atoms with Crippen molar-refractivity contribution in [3.63, 3.8) is 0 Å². The molecule has 2 amide bonds. The normalized spacial score (nSPS) is 14.2. The molecule has 1 aliphatic rings. The summed E-state index contributed by atoms with van der Waals surface area (Å²) in [7, 11) is 0. The van der Waals surface area contributed by atoms with Gasteiger partial charge in [0.15, 0.2) is 0 Å². The molecule has 0 radical (unpaired) electrons. The number of piperidine rings is 1. The number of aryl methyl sites for hydroxylation is 1. The fraction of sp³-hybridized carbons (Fsp3) is 0.222. The second kappa shape index (κ2) is 9.39. The molecule has 0 bridgehead atoms. The van der Waals surface area contributed by atoms with Gasteiger partial charge in [0.25, 0.3) is 5.91 Å². The molecule has 0 aliphatic carbocycles. The number of rotatable bonds is 4. The lowest BCUT2D eigenvalue weighted by atomic mass is 9.95. The van der Waals surface area contributed by atoms with Crippen molar-refractivity contribution < 1.29 is 9.59 Å². The van der Waals surface area contributed by atoms with Crippen molar-refractivity contribution in [2.24, 2.45) is 5.92 Å². The van der Waals surface area contributed by atoms with Crippen LogP contribution >= 0.6 is 0 Å². The highest BCUT2D eigenvalue weighted by molar-refractivity contribution is 6.07. The van der Waals surface area contributed by atoms with Crippen LogP contribution in [0.4, 0.5) is 5.82 Å². The Hall–Kier alpha value is -4.13. The van der Waals surface area contributed by atoms with Crippen LogP contribution in [-0.2, 0) is 4.79 Å². The summed E-state index contributed by atoms with van der Waals surface area (Å²) in [6.45, 7) is 3.01. The van der Waals surface area contributed by atoms with E-state index in [-0.39, 0.29) is 17.7 Å². The molecule has 4 heterocycles. The van der Waals surface area contributed by atoms with E-state index in [0.717, 1.165) is 27.7 Å². The van der Waals surface area contributed by atoms with Crippen LogP contribution < -0.4 is 5.32 Å². The summed E-state index contributed by atoms with van der Waals surface area (Å²) in [6.07, 6.45) is 6.40. The molecule has 0 saturated carbocycles. The third-order valence-corrected chi connectivity index (χ3v) is 6.24. The first-order valence-corrected chi connectivity index (χ1v) is 11.4. The molecule has 0 atom stereocenters. The zero-order chi connectivity index (χ0) is 23.5. The molecule has 0 spiro atoms. The maximum absolute atomic E-state index is 13.6. The van der Waals surface area contributed by atoms with Crippen molar-refractivity contribution in [2.45, 2.75) is 19.8 Å². The average Bonchev–Trinajstić information content (AvgIpc) is 2.89. The Labute approximate surface area is 197 Å². The summed E-state index contributed by atoms with van der Waals surface area (Å²) < 4.78 is 0.